The third-order valence-corrected chi connectivity index (χ3v) is 5.16. The fraction of sp³-hybridized carbons (Fsp3) is 0.611. The molecule has 1 heterocycles. The lowest BCUT2D eigenvalue weighted by molar-refractivity contribution is 0.264. The summed E-state index contributed by atoms with van der Waals surface area (Å²) in [6, 6.07) is 7.04. The maximum atomic E-state index is 6.42. The molecule has 3 rings (SSSR count). The molecule has 2 nitrogen and oxygen atoms in total. The summed E-state index contributed by atoms with van der Waals surface area (Å²) in [6.45, 7) is 6.49. The third kappa shape index (κ3) is 2.83. The second-order valence-electron chi connectivity index (χ2n) is 6.59. The van der Waals surface area contributed by atoms with E-state index in [9.17, 15) is 0 Å². The summed E-state index contributed by atoms with van der Waals surface area (Å²) in [6.07, 6.45) is 6.80. The minimum atomic E-state index is -0.0521. The number of alkyl halides is 1. The highest BCUT2D eigenvalue weighted by Gasteiger charge is 2.26. The van der Waals surface area contributed by atoms with E-state index in [-0.39, 0.29) is 5.38 Å². The van der Waals surface area contributed by atoms with Gasteiger partial charge in [-0.1, -0.05) is 25.3 Å². The van der Waals surface area contributed by atoms with Crippen molar-refractivity contribution in [2.24, 2.45) is 5.92 Å². The van der Waals surface area contributed by atoms with E-state index >= 15 is 0 Å². The Kier molecular flexibility index (Phi) is 4.26. The number of nitrogens with zero attached hydrogens (tertiary/aromatic N) is 2. The zero-order valence-electron chi connectivity index (χ0n) is 13.3. The topological polar surface area (TPSA) is 17.8 Å². The van der Waals surface area contributed by atoms with Crippen molar-refractivity contribution in [3.63, 3.8) is 0 Å². The maximum absolute atomic E-state index is 6.42. The summed E-state index contributed by atoms with van der Waals surface area (Å²) >= 11 is 6.42. The Balaban J connectivity index is 2.07. The molecule has 21 heavy (non-hydrogen) atoms. The second-order valence-corrected chi connectivity index (χ2v) is 7.24. The lowest BCUT2D eigenvalue weighted by Gasteiger charge is -2.30. The van der Waals surface area contributed by atoms with Crippen LogP contribution in [0.4, 0.5) is 0 Å². The van der Waals surface area contributed by atoms with E-state index < -0.39 is 0 Å². The first-order valence-electron chi connectivity index (χ1n) is 8.20. The summed E-state index contributed by atoms with van der Waals surface area (Å²) in [5, 5.41) is -0.0521. The van der Waals surface area contributed by atoms with E-state index in [1.54, 1.807) is 0 Å². The molecule has 0 aliphatic heterocycles. The van der Waals surface area contributed by atoms with Crippen molar-refractivity contribution in [3.05, 3.63) is 29.6 Å². The number of imidazole rings is 1. The van der Waals surface area contributed by atoms with Crippen LogP contribution in [0.25, 0.3) is 11.0 Å². The highest BCUT2D eigenvalue weighted by atomic mass is 35.5. The SMILES string of the molecule is Cc1ccc2c(c1)nc(C(C)Cl)n2C(C)C1CCCCC1. The zero-order valence-corrected chi connectivity index (χ0v) is 14.0. The Morgan fingerprint density at radius 2 is 1.90 bits per heavy atom. The Morgan fingerprint density at radius 3 is 2.57 bits per heavy atom. The first kappa shape index (κ1) is 14.9. The van der Waals surface area contributed by atoms with Gasteiger partial charge in [-0.15, -0.1) is 11.6 Å². The predicted molar refractivity (Wildman–Crippen MR) is 90.0 cm³/mol. The summed E-state index contributed by atoms with van der Waals surface area (Å²) in [7, 11) is 0. The van der Waals surface area contributed by atoms with Crippen LogP contribution in [0.5, 0.6) is 0 Å². The van der Waals surface area contributed by atoms with Gasteiger partial charge < -0.3 is 4.57 Å². The Hall–Kier alpha value is -1.02. The molecule has 1 fully saturated rings. The van der Waals surface area contributed by atoms with Gasteiger partial charge in [0.15, 0.2) is 0 Å². The Bertz CT molecular complexity index is 623. The van der Waals surface area contributed by atoms with Gasteiger partial charge >= 0.3 is 0 Å². The molecule has 0 radical (unpaired) electrons. The number of halogens is 1. The summed E-state index contributed by atoms with van der Waals surface area (Å²) < 4.78 is 2.41. The molecule has 1 aliphatic rings. The molecule has 1 aromatic carbocycles. The molecule has 1 saturated carbocycles. The van der Waals surface area contributed by atoms with Crippen molar-refractivity contribution in [1.29, 1.82) is 0 Å². The van der Waals surface area contributed by atoms with Crippen molar-refractivity contribution < 1.29 is 0 Å². The van der Waals surface area contributed by atoms with Crippen LogP contribution in [0.2, 0.25) is 0 Å². The van der Waals surface area contributed by atoms with Gasteiger partial charge in [-0.05, 0) is 57.2 Å². The normalized spacial score (nSPS) is 19.8. The number of fused-ring (bicyclic) bond motifs is 1. The molecule has 0 amide bonds. The van der Waals surface area contributed by atoms with Crippen molar-refractivity contribution in [2.45, 2.75) is 64.3 Å². The Morgan fingerprint density at radius 1 is 1.19 bits per heavy atom. The molecule has 2 atom stereocenters. The van der Waals surface area contributed by atoms with Gasteiger partial charge in [-0.2, -0.15) is 0 Å². The van der Waals surface area contributed by atoms with Crippen LogP contribution in [-0.4, -0.2) is 9.55 Å². The number of aryl methyl sites for hydroxylation is 1. The van der Waals surface area contributed by atoms with E-state index in [4.69, 9.17) is 16.6 Å². The van der Waals surface area contributed by atoms with Crippen LogP contribution in [0, 0.1) is 12.8 Å². The largest absolute Gasteiger partial charge is 0.324 e. The van der Waals surface area contributed by atoms with Crippen molar-refractivity contribution >= 4 is 22.6 Å². The molecule has 3 heteroatoms. The van der Waals surface area contributed by atoms with Gasteiger partial charge in [0.05, 0.1) is 16.4 Å². The molecule has 0 bridgehead atoms. The predicted octanol–water partition coefficient (Wildman–Crippen LogP) is 5.79. The summed E-state index contributed by atoms with van der Waals surface area (Å²) in [5.41, 5.74) is 3.58. The number of hydrogen-bond acceptors (Lipinski definition) is 1. The van der Waals surface area contributed by atoms with Gasteiger partial charge in [0.2, 0.25) is 0 Å². The van der Waals surface area contributed by atoms with Gasteiger partial charge in [-0.3, -0.25) is 0 Å². The van der Waals surface area contributed by atoms with E-state index in [1.165, 1.54) is 43.2 Å². The van der Waals surface area contributed by atoms with Gasteiger partial charge in [0.1, 0.15) is 5.82 Å². The maximum Gasteiger partial charge on any atom is 0.127 e. The smallest absolute Gasteiger partial charge is 0.127 e. The molecule has 1 aromatic heterocycles. The fourth-order valence-corrected chi connectivity index (χ4v) is 3.92. The molecule has 2 aromatic rings. The van der Waals surface area contributed by atoms with Crippen molar-refractivity contribution in [1.82, 2.24) is 9.55 Å². The summed E-state index contributed by atoms with van der Waals surface area (Å²) in [4.78, 5) is 4.82. The highest BCUT2D eigenvalue weighted by Crippen LogP contribution is 2.37. The third-order valence-electron chi connectivity index (χ3n) is 4.97. The highest BCUT2D eigenvalue weighted by molar-refractivity contribution is 6.20. The van der Waals surface area contributed by atoms with E-state index in [2.05, 4.69) is 36.6 Å². The van der Waals surface area contributed by atoms with Crippen LogP contribution in [-0.2, 0) is 0 Å². The molecule has 2 unspecified atom stereocenters. The number of rotatable bonds is 3. The molecule has 1 aliphatic carbocycles. The van der Waals surface area contributed by atoms with Crippen LogP contribution in [0.3, 0.4) is 0 Å². The lowest BCUT2D eigenvalue weighted by Crippen LogP contribution is -2.21. The Labute approximate surface area is 132 Å². The van der Waals surface area contributed by atoms with Crippen LogP contribution < -0.4 is 0 Å². The second kappa shape index (κ2) is 6.00. The molecule has 114 valence electrons. The van der Waals surface area contributed by atoms with Crippen molar-refractivity contribution in [3.8, 4) is 0 Å². The minimum Gasteiger partial charge on any atom is -0.324 e. The standard InChI is InChI=1S/C18H25ClN2/c1-12-9-10-17-16(11-12)20-18(13(2)19)21(17)14(3)15-7-5-4-6-8-15/h9-11,13-15H,4-8H2,1-3H3. The van der Waals surface area contributed by atoms with Crippen molar-refractivity contribution in [2.75, 3.05) is 0 Å². The van der Waals surface area contributed by atoms with E-state index in [1.807, 2.05) is 6.92 Å². The van der Waals surface area contributed by atoms with Gasteiger partial charge in [-0.25, -0.2) is 4.98 Å². The fourth-order valence-electron chi connectivity index (χ4n) is 3.76. The minimum absolute atomic E-state index is 0.0521. The number of benzene rings is 1. The molecule has 0 saturated heterocycles. The van der Waals surface area contributed by atoms with Gasteiger partial charge in [0, 0.05) is 6.04 Å². The van der Waals surface area contributed by atoms with Crippen LogP contribution >= 0.6 is 11.6 Å². The molecule has 0 N–H and O–H groups in total. The molecule has 0 spiro atoms. The lowest BCUT2D eigenvalue weighted by atomic mass is 9.84. The van der Waals surface area contributed by atoms with Crippen LogP contribution in [0.1, 0.15) is 68.8 Å². The first-order chi connectivity index (χ1) is 10.1. The van der Waals surface area contributed by atoms with Gasteiger partial charge in [0.25, 0.3) is 0 Å². The number of aromatic nitrogens is 2. The zero-order chi connectivity index (χ0) is 15.0. The first-order valence-corrected chi connectivity index (χ1v) is 8.64. The number of hydrogen-bond donors (Lipinski definition) is 0. The quantitative estimate of drug-likeness (QED) is 0.657. The molecular formula is C18H25ClN2. The van der Waals surface area contributed by atoms with E-state index in [0.29, 0.717) is 6.04 Å². The van der Waals surface area contributed by atoms with Crippen LogP contribution in [0.15, 0.2) is 18.2 Å². The monoisotopic (exact) mass is 304 g/mol. The summed E-state index contributed by atoms with van der Waals surface area (Å²) in [5.74, 6) is 1.78. The molecular weight excluding hydrogens is 280 g/mol. The average Bonchev–Trinajstić information content (AvgIpc) is 2.86. The van der Waals surface area contributed by atoms with E-state index in [0.717, 1.165) is 17.3 Å². The average molecular weight is 305 g/mol.